The topological polar surface area (TPSA) is 46.6 Å². The first kappa shape index (κ1) is 23.8. The molecule has 5 rings (SSSR count). The van der Waals surface area contributed by atoms with Gasteiger partial charge >= 0.3 is 0 Å². The summed E-state index contributed by atoms with van der Waals surface area (Å²) < 4.78 is 26.4. The predicted octanol–water partition coefficient (Wildman–Crippen LogP) is 6.24. The van der Waals surface area contributed by atoms with Gasteiger partial charge in [-0.1, -0.05) is 31.2 Å². The van der Waals surface area contributed by atoms with Gasteiger partial charge in [0.25, 0.3) is 0 Å². The predicted molar refractivity (Wildman–Crippen MR) is 146 cm³/mol. The fraction of sp³-hybridized carbons (Fsp3) is 0.167. The average Bonchev–Trinajstić information content (AvgIpc) is 3.57. The molecular weight excluding hydrogens is 468 g/mol. The molecule has 1 aliphatic rings. The summed E-state index contributed by atoms with van der Waals surface area (Å²) in [4.78, 5) is 2.91. The van der Waals surface area contributed by atoms with Crippen LogP contribution in [0.5, 0.6) is 5.75 Å². The van der Waals surface area contributed by atoms with Crippen LogP contribution in [0.15, 0.2) is 107 Å². The zero-order chi connectivity index (χ0) is 25.1. The van der Waals surface area contributed by atoms with Crippen LogP contribution >= 0.6 is 0 Å². The molecule has 0 saturated carbocycles. The van der Waals surface area contributed by atoms with Crippen molar-refractivity contribution in [2.45, 2.75) is 18.7 Å². The normalized spacial score (nSPS) is 15.6. The number of ether oxygens (including phenoxy) is 1. The van der Waals surface area contributed by atoms with Crippen molar-refractivity contribution in [2.75, 3.05) is 17.2 Å². The minimum absolute atomic E-state index is 0.588. The van der Waals surface area contributed by atoms with Crippen LogP contribution < -0.4 is 14.2 Å². The monoisotopic (exact) mass is 497 g/mol. The van der Waals surface area contributed by atoms with Crippen LogP contribution in [0.1, 0.15) is 25.2 Å². The van der Waals surface area contributed by atoms with Gasteiger partial charge in [-0.25, -0.2) is 4.57 Å². The third-order valence-electron chi connectivity index (χ3n) is 6.27. The van der Waals surface area contributed by atoms with Gasteiger partial charge in [-0.05, 0) is 61.0 Å². The maximum Gasteiger partial charge on any atom is 0.212 e. The minimum atomic E-state index is -1.01. The number of fused-ring (bicyclic) bond motifs is 2. The van der Waals surface area contributed by atoms with Crippen LogP contribution in [0, 0.1) is 0 Å². The molecule has 3 heterocycles. The lowest BCUT2D eigenvalue weighted by molar-refractivity contribution is -0.644. The lowest BCUT2D eigenvalue weighted by Crippen LogP contribution is -2.28. The number of furan rings is 1. The molecule has 0 fully saturated rings. The second-order valence-electron chi connectivity index (χ2n) is 8.45. The smallest absolute Gasteiger partial charge is 0.212 e. The van der Waals surface area contributed by atoms with Gasteiger partial charge in [0, 0.05) is 34.9 Å². The molecule has 1 atom stereocenters. The molecule has 36 heavy (non-hydrogen) atoms. The summed E-state index contributed by atoms with van der Waals surface area (Å²) in [5, 5.41) is 1.18. The molecule has 4 aromatic rings. The summed E-state index contributed by atoms with van der Waals surface area (Å²) in [6.07, 6.45) is 11.9. The molecule has 2 aromatic carbocycles. The second kappa shape index (κ2) is 10.4. The van der Waals surface area contributed by atoms with Crippen molar-refractivity contribution in [1.82, 2.24) is 0 Å². The van der Waals surface area contributed by atoms with Crippen molar-refractivity contribution in [1.29, 1.82) is 0 Å². The molecule has 0 spiro atoms. The number of benzene rings is 2. The average molecular weight is 498 g/mol. The van der Waals surface area contributed by atoms with Crippen molar-refractivity contribution in [3.05, 3.63) is 109 Å². The highest BCUT2D eigenvalue weighted by Crippen LogP contribution is 2.40. The van der Waals surface area contributed by atoms with E-state index in [1.54, 1.807) is 6.26 Å². The third kappa shape index (κ3) is 4.64. The van der Waals surface area contributed by atoms with E-state index < -0.39 is 10.8 Å². The van der Waals surface area contributed by atoms with E-state index in [0.29, 0.717) is 5.75 Å². The van der Waals surface area contributed by atoms with E-state index in [1.807, 2.05) is 49.4 Å². The number of hydrogen-bond donors (Lipinski definition) is 0. The van der Waals surface area contributed by atoms with Gasteiger partial charge in [0.05, 0.1) is 28.1 Å². The molecule has 0 bridgehead atoms. The lowest BCUT2D eigenvalue weighted by Gasteiger charge is -2.15. The molecule has 0 aliphatic carbocycles. The zero-order valence-corrected chi connectivity index (χ0v) is 21.5. The number of rotatable bonds is 7. The highest BCUT2D eigenvalue weighted by molar-refractivity contribution is 7.85. The Labute approximate surface area is 214 Å². The Bertz CT molecular complexity index is 1520. The van der Waals surface area contributed by atoms with E-state index in [0.717, 1.165) is 45.7 Å². The molecule has 5 nitrogen and oxygen atoms in total. The number of hydrogen-bond acceptors (Lipinski definition) is 4. The van der Waals surface area contributed by atoms with Crippen molar-refractivity contribution in [3.8, 4) is 5.75 Å². The van der Waals surface area contributed by atoms with Crippen molar-refractivity contribution < 1.29 is 17.9 Å². The van der Waals surface area contributed by atoms with Gasteiger partial charge in [0.15, 0.2) is 11.9 Å². The zero-order valence-electron chi connectivity index (χ0n) is 20.7. The molecule has 0 radical (unpaired) electrons. The molecule has 6 heteroatoms. The number of aromatic nitrogens is 1. The van der Waals surface area contributed by atoms with Crippen molar-refractivity contribution in [2.24, 2.45) is 7.05 Å². The summed E-state index contributed by atoms with van der Waals surface area (Å²) in [5.41, 5.74) is 4.16. The minimum Gasteiger partial charge on any atom is -0.464 e. The summed E-state index contributed by atoms with van der Waals surface area (Å²) in [6, 6.07) is 20.1. The van der Waals surface area contributed by atoms with Crippen LogP contribution in [0.3, 0.4) is 0 Å². The largest absolute Gasteiger partial charge is 0.464 e. The van der Waals surface area contributed by atoms with Crippen LogP contribution in [-0.4, -0.2) is 16.5 Å². The summed E-state index contributed by atoms with van der Waals surface area (Å²) in [6.45, 7) is 4.73. The SMILES string of the molecule is CCN1/C(=C/C=C(/C=C/c2cc[n+](C)c3ccccc23)c2ccco2)Oc2ccc(S(=O)CC)cc21. The number of allylic oxidation sites excluding steroid dienone is 4. The molecule has 0 amide bonds. The molecule has 0 N–H and O–H groups in total. The maximum absolute atomic E-state index is 12.3. The van der Waals surface area contributed by atoms with Gasteiger partial charge in [0.1, 0.15) is 12.8 Å². The Morgan fingerprint density at radius 3 is 2.72 bits per heavy atom. The quantitative estimate of drug-likeness (QED) is 0.224. The summed E-state index contributed by atoms with van der Waals surface area (Å²) >= 11 is 0. The Morgan fingerprint density at radius 1 is 1.08 bits per heavy atom. The van der Waals surface area contributed by atoms with Crippen molar-refractivity contribution in [3.63, 3.8) is 0 Å². The second-order valence-corrected chi connectivity index (χ2v) is 10.2. The summed E-state index contributed by atoms with van der Waals surface area (Å²) in [5.74, 6) is 2.85. The first-order valence-electron chi connectivity index (χ1n) is 12.1. The molecule has 2 aromatic heterocycles. The summed E-state index contributed by atoms with van der Waals surface area (Å²) in [7, 11) is 1.04. The Morgan fingerprint density at radius 2 is 1.94 bits per heavy atom. The van der Waals surface area contributed by atoms with Crippen LogP contribution in [0.4, 0.5) is 5.69 Å². The van der Waals surface area contributed by atoms with E-state index in [2.05, 4.69) is 72.1 Å². The number of aryl methyl sites for hydroxylation is 1. The van der Waals surface area contributed by atoms with Crippen LogP contribution in [0.2, 0.25) is 0 Å². The Balaban J connectivity index is 1.50. The molecule has 1 aliphatic heterocycles. The highest BCUT2D eigenvalue weighted by Gasteiger charge is 2.25. The van der Waals surface area contributed by atoms with Crippen molar-refractivity contribution >= 4 is 39.0 Å². The third-order valence-corrected chi connectivity index (χ3v) is 7.57. The van der Waals surface area contributed by atoms with E-state index in [9.17, 15) is 4.21 Å². The van der Waals surface area contributed by atoms with Crippen LogP contribution in [0.25, 0.3) is 22.6 Å². The maximum atomic E-state index is 12.3. The molecule has 0 saturated heterocycles. The van der Waals surface area contributed by atoms with Gasteiger partial charge in [-0.2, -0.15) is 0 Å². The number of nitrogens with zero attached hydrogens (tertiary/aromatic N) is 2. The lowest BCUT2D eigenvalue weighted by atomic mass is 10.1. The fourth-order valence-electron chi connectivity index (χ4n) is 4.38. The number of anilines is 1. The van der Waals surface area contributed by atoms with Gasteiger partial charge in [-0.3, -0.25) is 4.21 Å². The van der Waals surface area contributed by atoms with E-state index in [1.165, 1.54) is 10.9 Å². The Kier molecular flexibility index (Phi) is 6.87. The first-order valence-corrected chi connectivity index (χ1v) is 13.4. The molecule has 182 valence electrons. The van der Waals surface area contributed by atoms with E-state index >= 15 is 0 Å². The fourth-order valence-corrected chi connectivity index (χ4v) is 5.17. The first-order chi connectivity index (χ1) is 17.6. The standard InChI is InChI=1S/C30H29N2O3S/c1-4-32-27-21-24(36(33)5-2)15-16-29(27)35-30(32)17-14-23(28-11-8-20-34-28)13-12-22-18-19-31(3)26-10-7-6-9-25(22)26/h6-21H,4-5H2,1-3H3/q+1. The van der Waals surface area contributed by atoms with Gasteiger partial charge < -0.3 is 14.1 Å². The molecule has 1 unspecified atom stereocenters. The van der Waals surface area contributed by atoms with Gasteiger partial charge in [-0.15, -0.1) is 0 Å². The van der Waals surface area contributed by atoms with Crippen LogP contribution in [-0.2, 0) is 17.8 Å². The number of pyridine rings is 1. The number of para-hydroxylation sites is 1. The highest BCUT2D eigenvalue weighted by atomic mass is 32.2. The van der Waals surface area contributed by atoms with E-state index in [-0.39, 0.29) is 0 Å². The Hall–Kier alpha value is -3.90. The van der Waals surface area contributed by atoms with Gasteiger partial charge in [0.2, 0.25) is 11.4 Å². The van der Waals surface area contributed by atoms with E-state index in [4.69, 9.17) is 9.15 Å². The molecular formula is C30H29N2O3S+.